The van der Waals surface area contributed by atoms with Crippen LogP contribution in [0.5, 0.6) is 0 Å². The molecule has 0 aliphatic heterocycles. The van der Waals surface area contributed by atoms with E-state index in [0.717, 1.165) is 0 Å². The minimum atomic E-state index is 1.25. The molecule has 0 fully saturated rings. The summed E-state index contributed by atoms with van der Waals surface area (Å²) in [7, 11) is 0. The fourth-order valence-electron chi connectivity index (χ4n) is 6.90. The van der Waals surface area contributed by atoms with E-state index < -0.39 is 0 Å². The molecule has 1 nitrogen and oxygen atoms in total. The molecular formula is C42H87N. The average Bonchev–Trinajstić information content (AvgIpc) is 3.02. The first-order valence-electron chi connectivity index (χ1n) is 21.1. The lowest BCUT2D eigenvalue weighted by Crippen LogP contribution is -2.25. The van der Waals surface area contributed by atoms with Gasteiger partial charge in [-0.3, -0.25) is 0 Å². The molecule has 0 bridgehead atoms. The van der Waals surface area contributed by atoms with Crippen LogP contribution >= 0.6 is 0 Å². The van der Waals surface area contributed by atoms with Gasteiger partial charge in [-0.1, -0.05) is 239 Å². The maximum absolute atomic E-state index is 2.72. The summed E-state index contributed by atoms with van der Waals surface area (Å²) in [6, 6.07) is 0. The second-order valence-electron chi connectivity index (χ2n) is 14.5. The first-order valence-corrected chi connectivity index (χ1v) is 21.1. The summed E-state index contributed by atoms with van der Waals surface area (Å²) in [6.45, 7) is 10.9. The molecule has 0 aromatic heterocycles. The summed E-state index contributed by atoms with van der Waals surface area (Å²) in [6.07, 6.45) is 52.9. The van der Waals surface area contributed by atoms with Gasteiger partial charge in [0.15, 0.2) is 0 Å². The van der Waals surface area contributed by atoms with E-state index in [-0.39, 0.29) is 0 Å². The second kappa shape index (κ2) is 40.0. The molecule has 0 aromatic rings. The Kier molecular flexibility index (Phi) is 39.9. The van der Waals surface area contributed by atoms with Crippen molar-refractivity contribution < 1.29 is 0 Å². The highest BCUT2D eigenvalue weighted by atomic mass is 15.1. The Balaban J connectivity index is 3.24. The Morgan fingerprint density at radius 1 is 0.209 bits per heavy atom. The van der Waals surface area contributed by atoms with E-state index in [4.69, 9.17) is 0 Å². The molecule has 0 heterocycles. The van der Waals surface area contributed by atoms with Crippen LogP contribution < -0.4 is 0 Å². The topological polar surface area (TPSA) is 3.24 Å². The van der Waals surface area contributed by atoms with E-state index in [1.165, 1.54) is 251 Å². The van der Waals surface area contributed by atoms with Gasteiger partial charge in [-0.05, 0) is 32.5 Å². The SMILES string of the molecule is CCCCCCCCCCCCCCCCCCCCCCN(CC)CCCCCCCCCCCCCCCCCC. The third-order valence-corrected chi connectivity index (χ3v) is 10.1. The molecule has 0 rings (SSSR count). The minimum Gasteiger partial charge on any atom is -0.304 e. The van der Waals surface area contributed by atoms with Gasteiger partial charge in [0.05, 0.1) is 0 Å². The highest BCUT2D eigenvalue weighted by molar-refractivity contribution is 4.58. The highest BCUT2D eigenvalue weighted by Crippen LogP contribution is 2.16. The Hall–Kier alpha value is -0.0400. The number of hydrogen-bond donors (Lipinski definition) is 0. The Bertz CT molecular complexity index is 460. The number of rotatable bonds is 39. The highest BCUT2D eigenvalue weighted by Gasteiger charge is 2.02. The summed E-state index contributed by atoms with van der Waals surface area (Å²) in [4.78, 5) is 2.72. The molecule has 0 atom stereocenters. The third kappa shape index (κ3) is 38.1. The largest absolute Gasteiger partial charge is 0.304 e. The van der Waals surface area contributed by atoms with Crippen molar-refractivity contribution >= 4 is 0 Å². The summed E-state index contributed by atoms with van der Waals surface area (Å²) in [5, 5.41) is 0. The fraction of sp³-hybridized carbons (Fsp3) is 1.00. The van der Waals surface area contributed by atoms with Gasteiger partial charge in [0.25, 0.3) is 0 Å². The smallest absolute Gasteiger partial charge is 0.00189 e. The zero-order valence-corrected chi connectivity index (χ0v) is 31.0. The lowest BCUT2D eigenvalue weighted by atomic mass is 10.0. The lowest BCUT2D eigenvalue weighted by Gasteiger charge is -2.20. The molecule has 1 heteroatoms. The van der Waals surface area contributed by atoms with Crippen LogP contribution in [0.2, 0.25) is 0 Å². The van der Waals surface area contributed by atoms with Gasteiger partial charge in [0.1, 0.15) is 0 Å². The van der Waals surface area contributed by atoms with Crippen LogP contribution in [0, 0.1) is 0 Å². The van der Waals surface area contributed by atoms with Crippen molar-refractivity contribution in [1.29, 1.82) is 0 Å². The van der Waals surface area contributed by atoms with Gasteiger partial charge in [0.2, 0.25) is 0 Å². The number of nitrogens with zero attached hydrogens (tertiary/aromatic N) is 1. The summed E-state index contributed by atoms with van der Waals surface area (Å²) in [5.41, 5.74) is 0. The van der Waals surface area contributed by atoms with E-state index in [1.807, 2.05) is 0 Å². The Morgan fingerprint density at radius 3 is 0.535 bits per heavy atom. The molecule has 260 valence electrons. The van der Waals surface area contributed by atoms with Crippen molar-refractivity contribution in [3.05, 3.63) is 0 Å². The zero-order valence-electron chi connectivity index (χ0n) is 31.0. The van der Waals surface area contributed by atoms with E-state index in [9.17, 15) is 0 Å². The third-order valence-electron chi connectivity index (χ3n) is 10.1. The number of unbranched alkanes of at least 4 members (excludes halogenated alkanes) is 34. The van der Waals surface area contributed by atoms with E-state index in [2.05, 4.69) is 25.7 Å². The molecule has 0 aromatic carbocycles. The van der Waals surface area contributed by atoms with E-state index in [1.54, 1.807) is 0 Å². The van der Waals surface area contributed by atoms with Crippen LogP contribution in [0.15, 0.2) is 0 Å². The molecule has 0 aliphatic carbocycles. The van der Waals surface area contributed by atoms with Crippen LogP contribution in [0.3, 0.4) is 0 Å². The van der Waals surface area contributed by atoms with Gasteiger partial charge in [-0.25, -0.2) is 0 Å². The van der Waals surface area contributed by atoms with Gasteiger partial charge in [0, 0.05) is 0 Å². The molecule has 0 saturated carbocycles. The monoisotopic (exact) mass is 606 g/mol. The van der Waals surface area contributed by atoms with Crippen molar-refractivity contribution in [2.45, 2.75) is 252 Å². The van der Waals surface area contributed by atoms with Gasteiger partial charge >= 0.3 is 0 Å². The van der Waals surface area contributed by atoms with Crippen molar-refractivity contribution in [2.75, 3.05) is 19.6 Å². The van der Waals surface area contributed by atoms with E-state index >= 15 is 0 Å². The zero-order chi connectivity index (χ0) is 31.2. The first kappa shape index (κ1) is 43.0. The molecule has 0 spiro atoms. The lowest BCUT2D eigenvalue weighted by molar-refractivity contribution is 0.273. The van der Waals surface area contributed by atoms with Gasteiger partial charge < -0.3 is 4.90 Å². The minimum absolute atomic E-state index is 1.25. The predicted molar refractivity (Wildman–Crippen MR) is 200 cm³/mol. The van der Waals surface area contributed by atoms with Crippen LogP contribution in [0.1, 0.15) is 252 Å². The normalized spacial score (nSPS) is 11.7. The fourth-order valence-corrected chi connectivity index (χ4v) is 6.90. The van der Waals surface area contributed by atoms with Crippen LogP contribution in [0.25, 0.3) is 0 Å². The molecule has 0 saturated heterocycles. The molecule has 0 N–H and O–H groups in total. The summed E-state index contributed by atoms with van der Waals surface area (Å²) >= 11 is 0. The Morgan fingerprint density at radius 2 is 0.372 bits per heavy atom. The first-order chi connectivity index (χ1) is 21.3. The van der Waals surface area contributed by atoms with Crippen LogP contribution in [-0.2, 0) is 0 Å². The predicted octanol–water partition coefficient (Wildman–Crippen LogP) is 15.4. The summed E-state index contributed by atoms with van der Waals surface area (Å²) in [5.74, 6) is 0. The Labute approximate surface area is 275 Å². The molecular weight excluding hydrogens is 518 g/mol. The van der Waals surface area contributed by atoms with Crippen LogP contribution in [0.4, 0.5) is 0 Å². The van der Waals surface area contributed by atoms with E-state index in [0.29, 0.717) is 0 Å². The molecule has 0 unspecified atom stereocenters. The average molecular weight is 606 g/mol. The standard InChI is InChI=1S/C42H87N/c1-4-7-9-11-13-15-17-19-21-23-24-25-26-28-30-32-34-36-38-40-42-43(6-3)41-39-37-35-33-31-29-27-22-20-18-16-14-12-10-8-5-2/h4-42H2,1-3H3. The molecule has 43 heavy (non-hydrogen) atoms. The second-order valence-corrected chi connectivity index (χ2v) is 14.5. The maximum Gasteiger partial charge on any atom is -0.00189 e. The van der Waals surface area contributed by atoms with Gasteiger partial charge in [-0.2, -0.15) is 0 Å². The summed E-state index contributed by atoms with van der Waals surface area (Å²) < 4.78 is 0. The van der Waals surface area contributed by atoms with Crippen molar-refractivity contribution in [1.82, 2.24) is 4.90 Å². The van der Waals surface area contributed by atoms with Crippen molar-refractivity contribution in [3.8, 4) is 0 Å². The molecule has 0 aliphatic rings. The van der Waals surface area contributed by atoms with Crippen molar-refractivity contribution in [2.24, 2.45) is 0 Å². The van der Waals surface area contributed by atoms with Crippen molar-refractivity contribution in [3.63, 3.8) is 0 Å². The molecule has 0 amide bonds. The van der Waals surface area contributed by atoms with Crippen LogP contribution in [-0.4, -0.2) is 24.5 Å². The maximum atomic E-state index is 2.72. The quantitative estimate of drug-likeness (QED) is 0.0630. The molecule has 0 radical (unpaired) electrons. The number of hydrogen-bond acceptors (Lipinski definition) is 1. The van der Waals surface area contributed by atoms with Gasteiger partial charge in [-0.15, -0.1) is 0 Å².